The van der Waals surface area contributed by atoms with Crippen molar-refractivity contribution in [1.82, 2.24) is 5.43 Å². The first-order valence-corrected chi connectivity index (χ1v) is 8.32. The van der Waals surface area contributed by atoms with Crippen molar-refractivity contribution in [3.63, 3.8) is 0 Å². The fourth-order valence-corrected chi connectivity index (χ4v) is 2.36. The molecule has 2 aromatic carbocycles. The number of benzene rings is 2. The van der Waals surface area contributed by atoms with E-state index in [1.165, 1.54) is 18.3 Å². The van der Waals surface area contributed by atoms with Crippen molar-refractivity contribution in [2.45, 2.75) is 0 Å². The molecule has 140 valence electrons. The van der Waals surface area contributed by atoms with E-state index in [4.69, 9.17) is 27.9 Å². The average Bonchev–Trinajstić information content (AvgIpc) is 2.65. The van der Waals surface area contributed by atoms with Gasteiger partial charge in [0.05, 0.1) is 16.3 Å². The third-order valence-corrected chi connectivity index (χ3v) is 3.68. The van der Waals surface area contributed by atoms with Crippen LogP contribution in [-0.4, -0.2) is 29.7 Å². The fourth-order valence-electron chi connectivity index (χ4n) is 1.85. The summed E-state index contributed by atoms with van der Waals surface area (Å²) in [7, 11) is 0. The molecule has 0 aromatic heterocycles. The molecule has 0 aliphatic carbocycles. The number of rotatable bonds is 6. The van der Waals surface area contributed by atoms with E-state index in [-0.39, 0.29) is 15.8 Å². The standard InChI is InChI=1S/C18H15Cl2N3O4/c1-2-7-27-13-5-3-12(4-6-13)22-17(25)18(26)23-21-10-11-8-14(19)16(24)15(20)9-11/h2-6,8-10,24H,1,7H2,(H,22,25)(H,23,26)/b21-10+. The Hall–Kier alpha value is -3.03. The Kier molecular flexibility index (Phi) is 7.22. The summed E-state index contributed by atoms with van der Waals surface area (Å²) < 4.78 is 5.32. The molecule has 0 spiro atoms. The molecule has 0 aliphatic heterocycles. The van der Waals surface area contributed by atoms with E-state index in [0.717, 1.165) is 0 Å². The third-order valence-electron chi connectivity index (χ3n) is 3.11. The Balaban J connectivity index is 1.90. The first kappa shape index (κ1) is 20.3. The summed E-state index contributed by atoms with van der Waals surface area (Å²) in [4.78, 5) is 23.6. The third kappa shape index (κ3) is 6.02. The van der Waals surface area contributed by atoms with Gasteiger partial charge in [0.1, 0.15) is 12.4 Å². The highest BCUT2D eigenvalue weighted by Crippen LogP contribution is 2.32. The summed E-state index contributed by atoms with van der Waals surface area (Å²) in [5, 5.41) is 15.6. The Morgan fingerprint density at radius 3 is 2.37 bits per heavy atom. The fraction of sp³-hybridized carbons (Fsp3) is 0.0556. The lowest BCUT2D eigenvalue weighted by Crippen LogP contribution is -2.32. The average molecular weight is 408 g/mol. The maximum atomic E-state index is 11.8. The Morgan fingerprint density at radius 2 is 1.78 bits per heavy atom. The van der Waals surface area contributed by atoms with Crippen LogP contribution in [0.3, 0.4) is 0 Å². The number of hydrazone groups is 1. The zero-order chi connectivity index (χ0) is 19.8. The molecular formula is C18H15Cl2N3O4. The maximum absolute atomic E-state index is 11.8. The number of hydrogen-bond donors (Lipinski definition) is 3. The summed E-state index contributed by atoms with van der Waals surface area (Å²) in [5.74, 6) is -1.50. The SMILES string of the molecule is C=CCOc1ccc(NC(=O)C(=O)N/N=C/c2cc(Cl)c(O)c(Cl)c2)cc1. The summed E-state index contributed by atoms with van der Waals surface area (Å²) >= 11 is 11.6. The van der Waals surface area contributed by atoms with Gasteiger partial charge in [-0.15, -0.1) is 0 Å². The number of amides is 2. The van der Waals surface area contributed by atoms with Gasteiger partial charge in [0, 0.05) is 5.69 Å². The molecule has 0 unspecified atom stereocenters. The molecule has 0 saturated carbocycles. The number of ether oxygens (including phenoxy) is 1. The van der Waals surface area contributed by atoms with Gasteiger partial charge in [0.2, 0.25) is 0 Å². The van der Waals surface area contributed by atoms with Gasteiger partial charge in [0.15, 0.2) is 5.75 Å². The molecule has 0 saturated heterocycles. The molecule has 0 heterocycles. The van der Waals surface area contributed by atoms with Gasteiger partial charge < -0.3 is 15.2 Å². The zero-order valence-electron chi connectivity index (χ0n) is 13.9. The molecule has 7 nitrogen and oxygen atoms in total. The Bertz CT molecular complexity index is 860. The number of nitrogens with zero attached hydrogens (tertiary/aromatic N) is 1. The van der Waals surface area contributed by atoms with Crippen molar-refractivity contribution in [2.24, 2.45) is 5.10 Å². The molecule has 2 rings (SSSR count). The van der Waals surface area contributed by atoms with Crippen LogP contribution in [0.15, 0.2) is 54.2 Å². The van der Waals surface area contributed by atoms with E-state index in [0.29, 0.717) is 23.6 Å². The quantitative estimate of drug-likeness (QED) is 0.295. The van der Waals surface area contributed by atoms with E-state index < -0.39 is 11.8 Å². The second kappa shape index (κ2) is 9.61. The monoisotopic (exact) mass is 407 g/mol. The zero-order valence-corrected chi connectivity index (χ0v) is 15.4. The molecule has 0 atom stereocenters. The highest BCUT2D eigenvalue weighted by molar-refractivity contribution is 6.39. The van der Waals surface area contributed by atoms with Crippen molar-refractivity contribution in [3.8, 4) is 11.5 Å². The second-order valence-electron chi connectivity index (χ2n) is 5.11. The molecule has 0 radical (unpaired) electrons. The normalized spacial score (nSPS) is 10.4. The van der Waals surface area contributed by atoms with E-state index in [2.05, 4.69) is 22.4 Å². The van der Waals surface area contributed by atoms with Crippen LogP contribution < -0.4 is 15.5 Å². The number of carbonyl (C=O) groups is 2. The van der Waals surface area contributed by atoms with Crippen LogP contribution >= 0.6 is 23.2 Å². The number of aromatic hydroxyl groups is 1. The van der Waals surface area contributed by atoms with Crippen LogP contribution in [-0.2, 0) is 9.59 Å². The predicted octanol–water partition coefficient (Wildman–Crippen LogP) is 3.35. The smallest absolute Gasteiger partial charge is 0.329 e. The van der Waals surface area contributed by atoms with E-state index in [1.54, 1.807) is 30.3 Å². The molecule has 3 N–H and O–H groups in total. The summed E-state index contributed by atoms with van der Waals surface area (Å²) in [5.41, 5.74) is 2.93. The molecule has 0 aliphatic rings. The van der Waals surface area contributed by atoms with Gasteiger partial charge in [-0.2, -0.15) is 5.10 Å². The number of anilines is 1. The number of carbonyl (C=O) groups excluding carboxylic acids is 2. The largest absolute Gasteiger partial charge is 0.505 e. The van der Waals surface area contributed by atoms with Crippen molar-refractivity contribution in [1.29, 1.82) is 0 Å². The lowest BCUT2D eigenvalue weighted by atomic mass is 10.2. The molecule has 2 aromatic rings. The number of halogens is 2. The van der Waals surface area contributed by atoms with Crippen molar-refractivity contribution in [3.05, 3.63) is 64.7 Å². The number of nitrogens with one attached hydrogen (secondary N) is 2. The minimum atomic E-state index is -0.964. The second-order valence-corrected chi connectivity index (χ2v) is 5.92. The number of phenols is 1. The summed E-state index contributed by atoms with van der Waals surface area (Å²) in [6.07, 6.45) is 2.84. The summed E-state index contributed by atoms with van der Waals surface area (Å²) in [6, 6.07) is 9.27. The maximum Gasteiger partial charge on any atom is 0.329 e. The molecule has 9 heteroatoms. The number of phenolic OH excluding ortho intramolecular Hbond substituents is 1. The predicted molar refractivity (Wildman–Crippen MR) is 105 cm³/mol. The van der Waals surface area contributed by atoms with Gasteiger partial charge >= 0.3 is 11.8 Å². The van der Waals surface area contributed by atoms with Gasteiger partial charge in [-0.25, -0.2) is 5.43 Å². The van der Waals surface area contributed by atoms with Crippen LogP contribution in [0.1, 0.15) is 5.56 Å². The highest BCUT2D eigenvalue weighted by Gasteiger charge is 2.13. The lowest BCUT2D eigenvalue weighted by molar-refractivity contribution is -0.136. The first-order valence-electron chi connectivity index (χ1n) is 7.57. The van der Waals surface area contributed by atoms with Gasteiger partial charge in [0.25, 0.3) is 0 Å². The van der Waals surface area contributed by atoms with Crippen molar-refractivity contribution in [2.75, 3.05) is 11.9 Å². The van der Waals surface area contributed by atoms with Gasteiger partial charge in [-0.05, 0) is 42.0 Å². The molecule has 0 bridgehead atoms. The summed E-state index contributed by atoms with van der Waals surface area (Å²) in [6.45, 7) is 3.91. The topological polar surface area (TPSA) is 100 Å². The minimum Gasteiger partial charge on any atom is -0.505 e. The number of hydrogen-bond acceptors (Lipinski definition) is 5. The first-order chi connectivity index (χ1) is 12.9. The van der Waals surface area contributed by atoms with Crippen LogP contribution in [0.25, 0.3) is 0 Å². The van der Waals surface area contributed by atoms with Crippen LogP contribution in [0.4, 0.5) is 5.69 Å². The minimum absolute atomic E-state index is 0.0357. The van der Waals surface area contributed by atoms with Gasteiger partial charge in [-0.1, -0.05) is 35.9 Å². The molecule has 27 heavy (non-hydrogen) atoms. The van der Waals surface area contributed by atoms with Crippen molar-refractivity contribution < 1.29 is 19.4 Å². The van der Waals surface area contributed by atoms with Crippen LogP contribution in [0.5, 0.6) is 11.5 Å². The lowest BCUT2D eigenvalue weighted by Gasteiger charge is -2.06. The molecule has 0 fully saturated rings. The van der Waals surface area contributed by atoms with E-state index >= 15 is 0 Å². The van der Waals surface area contributed by atoms with Crippen molar-refractivity contribution >= 4 is 46.9 Å². The van der Waals surface area contributed by atoms with E-state index in [9.17, 15) is 14.7 Å². The van der Waals surface area contributed by atoms with E-state index in [1.807, 2.05) is 0 Å². The van der Waals surface area contributed by atoms with Crippen LogP contribution in [0, 0.1) is 0 Å². The molecular weight excluding hydrogens is 393 g/mol. The Labute approximate surface area is 165 Å². The Morgan fingerprint density at radius 1 is 1.15 bits per heavy atom. The molecule has 2 amide bonds. The highest BCUT2D eigenvalue weighted by atomic mass is 35.5. The van der Waals surface area contributed by atoms with Gasteiger partial charge in [-0.3, -0.25) is 9.59 Å². The van der Waals surface area contributed by atoms with Crippen LogP contribution in [0.2, 0.25) is 10.0 Å².